The van der Waals surface area contributed by atoms with Gasteiger partial charge in [-0.15, -0.1) is 0 Å². The Morgan fingerprint density at radius 2 is 1.96 bits per heavy atom. The van der Waals surface area contributed by atoms with Gasteiger partial charge < -0.3 is 15.2 Å². The molecule has 1 heterocycles. The number of phenols is 1. The first kappa shape index (κ1) is 16.9. The Kier molecular flexibility index (Phi) is 4.27. The van der Waals surface area contributed by atoms with Crippen LogP contribution in [0, 0.1) is 5.92 Å². The summed E-state index contributed by atoms with van der Waals surface area (Å²) in [6.45, 7) is 0. The predicted molar refractivity (Wildman–Crippen MR) is 102 cm³/mol. The zero-order valence-corrected chi connectivity index (χ0v) is 15.7. The molecule has 0 fully saturated rings. The minimum Gasteiger partial charge on any atom is -0.504 e. The van der Waals surface area contributed by atoms with Crippen LogP contribution in [0.25, 0.3) is 0 Å². The minimum atomic E-state index is -0.000881. The van der Waals surface area contributed by atoms with Gasteiger partial charge in [-0.3, -0.25) is 0 Å². The Labute approximate surface area is 161 Å². The molecular weight excluding hydrogens is 381 g/mol. The molecule has 2 aromatic rings. The highest BCUT2D eigenvalue weighted by molar-refractivity contribution is 6.44. The van der Waals surface area contributed by atoms with Crippen molar-refractivity contribution in [3.8, 4) is 11.5 Å². The van der Waals surface area contributed by atoms with Crippen molar-refractivity contribution in [2.45, 2.75) is 18.4 Å². The van der Waals surface area contributed by atoms with Crippen LogP contribution in [0.15, 0.2) is 36.4 Å². The molecule has 2 N–H and O–H groups in total. The van der Waals surface area contributed by atoms with Gasteiger partial charge in [0, 0.05) is 11.5 Å². The summed E-state index contributed by atoms with van der Waals surface area (Å²) in [7, 11) is 1.53. The first-order chi connectivity index (χ1) is 12.0. The van der Waals surface area contributed by atoms with Crippen LogP contribution in [-0.4, -0.2) is 12.2 Å². The number of fused-ring (bicyclic) bond motifs is 3. The van der Waals surface area contributed by atoms with Gasteiger partial charge >= 0.3 is 0 Å². The number of benzene rings is 2. The maximum Gasteiger partial charge on any atom is 0.160 e. The number of halogens is 3. The zero-order chi connectivity index (χ0) is 17.7. The van der Waals surface area contributed by atoms with Crippen LogP contribution in [0.2, 0.25) is 15.1 Å². The molecule has 0 saturated heterocycles. The van der Waals surface area contributed by atoms with Gasteiger partial charge in [-0.1, -0.05) is 53.0 Å². The Hall–Kier alpha value is -1.55. The lowest BCUT2D eigenvalue weighted by Gasteiger charge is -2.38. The van der Waals surface area contributed by atoms with E-state index >= 15 is 0 Å². The fourth-order valence-electron chi connectivity index (χ4n) is 3.89. The van der Waals surface area contributed by atoms with Crippen LogP contribution < -0.4 is 10.1 Å². The summed E-state index contributed by atoms with van der Waals surface area (Å²) in [4.78, 5) is 0. The Bertz CT molecular complexity index is 881. The summed E-state index contributed by atoms with van der Waals surface area (Å²) >= 11 is 19.2. The second kappa shape index (κ2) is 6.31. The van der Waals surface area contributed by atoms with E-state index in [0.29, 0.717) is 20.8 Å². The molecule has 3 nitrogen and oxygen atoms in total. The minimum absolute atomic E-state index is 0.000881. The molecule has 2 aliphatic rings. The first-order valence-electron chi connectivity index (χ1n) is 7.98. The number of aromatic hydroxyl groups is 1. The summed E-state index contributed by atoms with van der Waals surface area (Å²) in [5.74, 6) is 0.978. The van der Waals surface area contributed by atoms with Crippen molar-refractivity contribution in [1.29, 1.82) is 0 Å². The van der Waals surface area contributed by atoms with E-state index in [1.807, 2.05) is 6.07 Å². The van der Waals surface area contributed by atoms with Crippen LogP contribution in [0.3, 0.4) is 0 Å². The lowest BCUT2D eigenvalue weighted by molar-refractivity contribution is 0.371. The van der Waals surface area contributed by atoms with Crippen LogP contribution in [0.5, 0.6) is 11.5 Å². The first-order valence-corrected chi connectivity index (χ1v) is 9.12. The third-order valence-corrected chi connectivity index (χ3v) is 6.14. The molecule has 0 aromatic heterocycles. The number of ether oxygens (including phenoxy) is 1. The molecule has 1 aliphatic carbocycles. The fraction of sp³-hybridized carbons (Fsp3) is 0.263. The summed E-state index contributed by atoms with van der Waals surface area (Å²) in [6, 6.07) is 7.14. The largest absolute Gasteiger partial charge is 0.504 e. The maximum atomic E-state index is 10.2. The van der Waals surface area contributed by atoms with E-state index in [2.05, 4.69) is 17.5 Å². The number of anilines is 1. The van der Waals surface area contributed by atoms with E-state index in [1.165, 1.54) is 7.11 Å². The zero-order valence-electron chi connectivity index (χ0n) is 13.4. The molecule has 3 atom stereocenters. The molecule has 0 spiro atoms. The Balaban J connectivity index is 1.83. The molecule has 4 rings (SSSR count). The monoisotopic (exact) mass is 395 g/mol. The lowest BCUT2D eigenvalue weighted by Crippen LogP contribution is -2.29. The highest BCUT2D eigenvalue weighted by atomic mass is 35.5. The van der Waals surface area contributed by atoms with Crippen molar-refractivity contribution in [1.82, 2.24) is 0 Å². The Morgan fingerprint density at radius 1 is 1.16 bits per heavy atom. The molecular formula is C19H16Cl3NO2. The summed E-state index contributed by atoms with van der Waals surface area (Å²) in [5.41, 5.74) is 2.74. The number of hydrogen-bond donors (Lipinski definition) is 2. The van der Waals surface area contributed by atoms with Crippen LogP contribution in [0.4, 0.5) is 5.69 Å². The van der Waals surface area contributed by atoms with E-state index in [9.17, 15) is 5.11 Å². The van der Waals surface area contributed by atoms with E-state index in [1.54, 1.807) is 18.2 Å². The molecule has 0 radical (unpaired) electrons. The highest BCUT2D eigenvalue weighted by Gasteiger charge is 2.40. The van der Waals surface area contributed by atoms with Crippen molar-refractivity contribution in [3.63, 3.8) is 0 Å². The molecule has 25 heavy (non-hydrogen) atoms. The third kappa shape index (κ3) is 2.66. The van der Waals surface area contributed by atoms with Crippen LogP contribution in [-0.2, 0) is 0 Å². The van der Waals surface area contributed by atoms with Crippen molar-refractivity contribution in [3.05, 3.63) is 62.6 Å². The van der Waals surface area contributed by atoms with Gasteiger partial charge in [0.25, 0.3) is 0 Å². The molecule has 130 valence electrons. The number of allylic oxidation sites excluding steroid dienone is 2. The molecule has 0 saturated carbocycles. The Morgan fingerprint density at radius 3 is 2.68 bits per heavy atom. The molecule has 6 heteroatoms. The van der Waals surface area contributed by atoms with Gasteiger partial charge in [-0.25, -0.2) is 0 Å². The maximum absolute atomic E-state index is 10.2. The second-order valence-electron chi connectivity index (χ2n) is 6.35. The average Bonchev–Trinajstić information content (AvgIpc) is 3.08. The number of nitrogens with one attached hydrogen (secondary N) is 1. The number of methoxy groups -OCH3 is 1. The third-order valence-electron chi connectivity index (χ3n) is 5.04. The van der Waals surface area contributed by atoms with Crippen molar-refractivity contribution in [2.24, 2.45) is 5.92 Å². The smallest absolute Gasteiger partial charge is 0.160 e. The lowest BCUT2D eigenvalue weighted by atomic mass is 9.77. The average molecular weight is 397 g/mol. The number of phenolic OH excluding ortho intramolecular Hbond substituents is 1. The second-order valence-corrected chi connectivity index (χ2v) is 7.54. The van der Waals surface area contributed by atoms with Gasteiger partial charge in [0.15, 0.2) is 11.5 Å². The van der Waals surface area contributed by atoms with Crippen molar-refractivity contribution in [2.75, 3.05) is 12.4 Å². The molecule has 2 aromatic carbocycles. The SMILES string of the molecule is COc1ccc(C2Nc3c(Cl)cc(Cl)c(Cl)c3C3C=CCC32)cc1O. The van der Waals surface area contributed by atoms with Crippen LogP contribution >= 0.6 is 34.8 Å². The van der Waals surface area contributed by atoms with Crippen molar-refractivity contribution >= 4 is 40.5 Å². The summed E-state index contributed by atoms with van der Waals surface area (Å²) in [6.07, 6.45) is 5.24. The van der Waals surface area contributed by atoms with Gasteiger partial charge in [-0.2, -0.15) is 0 Å². The normalized spacial score (nSPS) is 23.8. The molecule has 0 amide bonds. The highest BCUT2D eigenvalue weighted by Crippen LogP contribution is 2.55. The summed E-state index contributed by atoms with van der Waals surface area (Å²) < 4.78 is 5.14. The van der Waals surface area contributed by atoms with E-state index < -0.39 is 0 Å². The van der Waals surface area contributed by atoms with Gasteiger partial charge in [0.2, 0.25) is 0 Å². The van der Waals surface area contributed by atoms with E-state index in [4.69, 9.17) is 39.5 Å². The van der Waals surface area contributed by atoms with E-state index in [-0.39, 0.29) is 23.6 Å². The molecule has 1 aliphatic heterocycles. The summed E-state index contributed by atoms with van der Waals surface area (Å²) in [5, 5.41) is 15.2. The number of hydrogen-bond acceptors (Lipinski definition) is 3. The van der Waals surface area contributed by atoms with Gasteiger partial charge in [0.05, 0.1) is 33.9 Å². The van der Waals surface area contributed by atoms with Gasteiger partial charge in [-0.05, 0) is 36.1 Å². The number of rotatable bonds is 2. The molecule has 0 bridgehead atoms. The van der Waals surface area contributed by atoms with E-state index in [0.717, 1.165) is 23.2 Å². The van der Waals surface area contributed by atoms with Crippen LogP contribution in [0.1, 0.15) is 29.5 Å². The molecule has 3 unspecified atom stereocenters. The standard InChI is InChI=1S/C19H16Cl3NO2/c1-25-15-6-5-9(7-14(15)24)18-11-4-2-3-10(11)16-17(22)12(20)8-13(21)19(16)23-18/h2-3,5-8,10-11,18,23-24H,4H2,1H3. The quantitative estimate of drug-likeness (QED) is 0.470. The van der Waals surface area contributed by atoms with Crippen molar-refractivity contribution < 1.29 is 9.84 Å². The predicted octanol–water partition coefficient (Wildman–Crippen LogP) is 6.19. The fourth-order valence-corrected chi connectivity index (χ4v) is 4.70. The topological polar surface area (TPSA) is 41.5 Å². The van der Waals surface area contributed by atoms with Gasteiger partial charge in [0.1, 0.15) is 0 Å².